The SMILES string of the molecule is O=C(O)c1c(C#Cc2ccccc2)cccc1C(F)(c1cccc(C#Cc2ccccc2)c1C(=O)O)C(F)(F)C(F)(F)F. The molecule has 2 N–H and O–H groups in total. The first-order chi connectivity index (χ1) is 20.3. The second kappa shape index (κ2) is 11.8. The fourth-order valence-corrected chi connectivity index (χ4v) is 4.35. The van der Waals surface area contributed by atoms with Gasteiger partial charge < -0.3 is 10.2 Å². The lowest BCUT2D eigenvalue weighted by molar-refractivity contribution is -0.323. The second-order valence-electron chi connectivity index (χ2n) is 9.03. The van der Waals surface area contributed by atoms with Crippen molar-refractivity contribution in [2.24, 2.45) is 0 Å². The molecule has 0 bridgehead atoms. The first-order valence-electron chi connectivity index (χ1n) is 12.3. The van der Waals surface area contributed by atoms with E-state index in [2.05, 4.69) is 23.7 Å². The van der Waals surface area contributed by atoms with Crippen LogP contribution in [0.5, 0.6) is 0 Å². The Bertz CT molecular complexity index is 1690. The summed E-state index contributed by atoms with van der Waals surface area (Å²) in [6, 6.07) is 20.4. The minimum atomic E-state index is -6.59. The second-order valence-corrected chi connectivity index (χ2v) is 9.03. The van der Waals surface area contributed by atoms with E-state index in [4.69, 9.17) is 0 Å². The highest BCUT2D eigenvalue weighted by atomic mass is 19.4. The number of halogens is 6. The molecule has 4 aromatic rings. The van der Waals surface area contributed by atoms with Gasteiger partial charge in [0, 0.05) is 33.4 Å². The van der Waals surface area contributed by atoms with Crippen molar-refractivity contribution in [2.45, 2.75) is 17.8 Å². The monoisotopic (exact) mass is 592 g/mol. The molecule has 0 aliphatic heterocycles. The summed E-state index contributed by atoms with van der Waals surface area (Å²) >= 11 is 0. The topological polar surface area (TPSA) is 74.6 Å². The zero-order valence-electron chi connectivity index (χ0n) is 21.7. The summed E-state index contributed by atoms with van der Waals surface area (Å²) in [5.41, 5.74) is -11.4. The minimum absolute atomic E-state index is 0.342. The summed E-state index contributed by atoms with van der Waals surface area (Å²) in [6.07, 6.45) is -6.59. The Morgan fingerprint density at radius 3 is 1.21 bits per heavy atom. The van der Waals surface area contributed by atoms with Crippen LogP contribution in [0.4, 0.5) is 26.3 Å². The first-order valence-corrected chi connectivity index (χ1v) is 12.3. The molecule has 0 fully saturated rings. The van der Waals surface area contributed by atoms with E-state index < -0.39 is 63.1 Å². The number of rotatable bonds is 5. The molecule has 0 saturated heterocycles. The Morgan fingerprint density at radius 1 is 0.512 bits per heavy atom. The molecule has 0 heterocycles. The van der Waals surface area contributed by atoms with Gasteiger partial charge in [0.2, 0.25) is 5.67 Å². The summed E-state index contributed by atoms with van der Waals surface area (Å²) in [4.78, 5) is 24.7. The molecule has 0 amide bonds. The average Bonchev–Trinajstić information content (AvgIpc) is 2.98. The molecular formula is C33H18F6O4. The summed E-state index contributed by atoms with van der Waals surface area (Å²) in [6.45, 7) is 0. The number of carbonyl (C=O) groups is 2. The van der Waals surface area contributed by atoms with Gasteiger partial charge in [-0.2, -0.15) is 22.0 Å². The van der Waals surface area contributed by atoms with Crippen LogP contribution in [0.2, 0.25) is 0 Å². The van der Waals surface area contributed by atoms with E-state index in [1.807, 2.05) is 0 Å². The van der Waals surface area contributed by atoms with E-state index in [1.54, 1.807) is 36.4 Å². The lowest BCUT2D eigenvalue weighted by atomic mass is 9.76. The van der Waals surface area contributed by atoms with Crippen molar-refractivity contribution in [1.29, 1.82) is 0 Å². The van der Waals surface area contributed by atoms with Gasteiger partial charge in [-0.1, -0.05) is 84.3 Å². The summed E-state index contributed by atoms with van der Waals surface area (Å²) in [7, 11) is 0. The number of carboxylic acids is 2. The van der Waals surface area contributed by atoms with Gasteiger partial charge in [0.05, 0.1) is 11.1 Å². The van der Waals surface area contributed by atoms with Crippen LogP contribution >= 0.6 is 0 Å². The predicted molar refractivity (Wildman–Crippen MR) is 145 cm³/mol. The third kappa shape index (κ3) is 5.81. The number of aromatic carboxylic acids is 2. The lowest BCUT2D eigenvalue weighted by Gasteiger charge is -2.37. The molecule has 0 radical (unpaired) electrons. The average molecular weight is 592 g/mol. The number of hydrogen-bond acceptors (Lipinski definition) is 2. The standard InChI is InChI=1S/C33H18F6O4/c34-31(32(35,36)33(37,38)39,25-15-7-13-23(27(25)29(40)41)19-17-21-9-3-1-4-10-21)26-16-8-14-24(28(26)30(42)43)20-18-22-11-5-2-6-12-22/h1-16H,(H,40,41)(H,42,43). The third-order valence-electron chi connectivity index (χ3n) is 6.32. The van der Waals surface area contributed by atoms with Crippen molar-refractivity contribution in [3.63, 3.8) is 0 Å². The van der Waals surface area contributed by atoms with Crippen LogP contribution in [0.1, 0.15) is 54.1 Å². The van der Waals surface area contributed by atoms with Gasteiger partial charge >= 0.3 is 24.0 Å². The van der Waals surface area contributed by atoms with Gasteiger partial charge in [-0.05, 0) is 36.4 Å². The molecule has 43 heavy (non-hydrogen) atoms. The van der Waals surface area contributed by atoms with Crippen molar-refractivity contribution in [1.82, 2.24) is 0 Å². The molecule has 0 spiro atoms. The molecule has 4 rings (SSSR count). The number of hydrogen-bond donors (Lipinski definition) is 2. The maximum absolute atomic E-state index is 17.2. The van der Waals surface area contributed by atoms with Gasteiger partial charge in [0.25, 0.3) is 0 Å². The van der Waals surface area contributed by atoms with Crippen LogP contribution in [0.25, 0.3) is 0 Å². The van der Waals surface area contributed by atoms with Crippen LogP contribution < -0.4 is 0 Å². The third-order valence-corrected chi connectivity index (χ3v) is 6.32. The molecule has 4 nitrogen and oxygen atoms in total. The highest BCUT2D eigenvalue weighted by molar-refractivity contribution is 5.96. The predicted octanol–water partition coefficient (Wildman–Crippen LogP) is 7.29. The quantitative estimate of drug-likeness (QED) is 0.189. The van der Waals surface area contributed by atoms with E-state index in [1.165, 1.54) is 24.3 Å². The van der Waals surface area contributed by atoms with Crippen molar-refractivity contribution in [2.75, 3.05) is 0 Å². The number of benzene rings is 4. The summed E-state index contributed by atoms with van der Waals surface area (Å²) in [5.74, 6) is -0.564. The Balaban J connectivity index is 2.09. The van der Waals surface area contributed by atoms with Crippen LogP contribution in [-0.4, -0.2) is 34.3 Å². The highest BCUT2D eigenvalue weighted by Crippen LogP contribution is 2.56. The van der Waals surface area contributed by atoms with Gasteiger partial charge in [-0.15, -0.1) is 0 Å². The minimum Gasteiger partial charge on any atom is -0.478 e. The molecule has 10 heteroatoms. The molecule has 0 aliphatic carbocycles. The van der Waals surface area contributed by atoms with Crippen LogP contribution in [0, 0.1) is 23.7 Å². The first kappa shape index (κ1) is 30.5. The van der Waals surface area contributed by atoms with Crippen molar-refractivity contribution < 1.29 is 46.1 Å². The lowest BCUT2D eigenvalue weighted by Crippen LogP contribution is -2.54. The molecule has 0 aliphatic rings. The Hall–Kier alpha value is -5.48. The highest BCUT2D eigenvalue weighted by Gasteiger charge is 2.74. The van der Waals surface area contributed by atoms with Gasteiger partial charge in [0.15, 0.2) is 0 Å². The zero-order chi connectivity index (χ0) is 31.4. The zero-order valence-corrected chi connectivity index (χ0v) is 21.7. The number of alkyl halides is 6. The van der Waals surface area contributed by atoms with Gasteiger partial charge in [0.1, 0.15) is 0 Å². The Kier molecular flexibility index (Phi) is 8.36. The fourth-order valence-electron chi connectivity index (χ4n) is 4.35. The van der Waals surface area contributed by atoms with Crippen LogP contribution in [-0.2, 0) is 5.67 Å². The van der Waals surface area contributed by atoms with E-state index in [-0.39, 0.29) is 0 Å². The molecule has 0 saturated carbocycles. The molecule has 4 aromatic carbocycles. The van der Waals surface area contributed by atoms with E-state index in [9.17, 15) is 33.0 Å². The van der Waals surface area contributed by atoms with E-state index >= 15 is 13.2 Å². The molecular weight excluding hydrogens is 574 g/mol. The maximum atomic E-state index is 17.2. The molecule has 0 unspecified atom stereocenters. The summed E-state index contributed by atoms with van der Waals surface area (Å²) in [5, 5.41) is 19.9. The van der Waals surface area contributed by atoms with E-state index in [0.29, 0.717) is 23.3 Å². The Labute approximate surface area is 241 Å². The van der Waals surface area contributed by atoms with Crippen molar-refractivity contribution in [3.05, 3.63) is 142 Å². The largest absolute Gasteiger partial charge is 0.478 e. The fraction of sp³-hybridized carbons (Fsp3) is 0.0909. The van der Waals surface area contributed by atoms with Crippen LogP contribution in [0.15, 0.2) is 97.1 Å². The number of carboxylic acid groups (broad SMARTS) is 2. The van der Waals surface area contributed by atoms with Crippen molar-refractivity contribution >= 4 is 11.9 Å². The van der Waals surface area contributed by atoms with Gasteiger partial charge in [-0.25, -0.2) is 14.0 Å². The molecule has 0 atom stereocenters. The van der Waals surface area contributed by atoms with Crippen molar-refractivity contribution in [3.8, 4) is 23.7 Å². The van der Waals surface area contributed by atoms with Gasteiger partial charge in [-0.3, -0.25) is 0 Å². The van der Waals surface area contributed by atoms with E-state index in [0.717, 1.165) is 24.3 Å². The molecule has 216 valence electrons. The molecule has 0 aromatic heterocycles. The smallest absolute Gasteiger partial charge is 0.457 e. The van der Waals surface area contributed by atoms with Crippen LogP contribution in [0.3, 0.4) is 0 Å². The summed E-state index contributed by atoms with van der Waals surface area (Å²) < 4.78 is 89.9. The normalized spacial score (nSPS) is 11.5. The Morgan fingerprint density at radius 2 is 0.884 bits per heavy atom. The maximum Gasteiger partial charge on any atom is 0.457 e.